The van der Waals surface area contributed by atoms with Crippen LogP contribution in [0.2, 0.25) is 0 Å². The fraction of sp³-hybridized carbons (Fsp3) is 0.333. The number of alkyl halides is 2. The van der Waals surface area contributed by atoms with Crippen LogP contribution >= 0.6 is 15.9 Å². The first-order valence-electron chi connectivity index (χ1n) is 3.67. The van der Waals surface area contributed by atoms with E-state index >= 15 is 0 Å². The average molecular weight is 235 g/mol. The van der Waals surface area contributed by atoms with Gasteiger partial charge in [0.05, 0.1) is 0 Å². The molecule has 0 aliphatic rings. The maximum Gasteiger partial charge on any atom is 0.126 e. The van der Waals surface area contributed by atoms with Crippen LogP contribution in [0.4, 0.5) is 8.78 Å². The highest BCUT2D eigenvalue weighted by molar-refractivity contribution is 9.09. The van der Waals surface area contributed by atoms with Gasteiger partial charge in [-0.1, -0.05) is 34.1 Å². The summed E-state index contributed by atoms with van der Waals surface area (Å²) in [5.41, 5.74) is 0.435. The standard InChI is InChI=1S/C9H9BrF2/c10-6-8(11)5-7-3-1-2-4-9(7)12/h1-4,8H,5-6H2/t8-/m0/s1. The molecular formula is C9H9BrF2. The van der Waals surface area contributed by atoms with E-state index in [4.69, 9.17) is 0 Å². The van der Waals surface area contributed by atoms with Crippen molar-refractivity contribution in [3.8, 4) is 0 Å². The average Bonchev–Trinajstić information content (AvgIpc) is 2.09. The lowest BCUT2D eigenvalue weighted by Crippen LogP contribution is -2.07. The molecule has 0 heterocycles. The molecule has 0 aliphatic carbocycles. The molecule has 0 radical (unpaired) electrons. The Hall–Kier alpha value is -0.440. The number of hydrogen-bond donors (Lipinski definition) is 0. The van der Waals surface area contributed by atoms with Gasteiger partial charge in [-0.05, 0) is 11.6 Å². The van der Waals surface area contributed by atoms with Gasteiger partial charge < -0.3 is 0 Å². The van der Waals surface area contributed by atoms with Gasteiger partial charge in [0.25, 0.3) is 0 Å². The molecule has 0 N–H and O–H groups in total. The van der Waals surface area contributed by atoms with Gasteiger partial charge in [-0.25, -0.2) is 8.78 Å². The van der Waals surface area contributed by atoms with Crippen molar-refractivity contribution >= 4 is 15.9 Å². The van der Waals surface area contributed by atoms with Crippen molar-refractivity contribution in [1.29, 1.82) is 0 Å². The van der Waals surface area contributed by atoms with Crippen molar-refractivity contribution in [2.75, 3.05) is 5.33 Å². The molecule has 0 fully saturated rings. The topological polar surface area (TPSA) is 0 Å². The SMILES string of the molecule is Fc1ccccc1C[C@H](F)CBr. The predicted molar refractivity (Wildman–Crippen MR) is 48.8 cm³/mol. The Morgan fingerprint density at radius 3 is 2.58 bits per heavy atom. The lowest BCUT2D eigenvalue weighted by atomic mass is 10.1. The molecule has 66 valence electrons. The van der Waals surface area contributed by atoms with Gasteiger partial charge in [0.1, 0.15) is 12.0 Å². The fourth-order valence-electron chi connectivity index (χ4n) is 0.957. The van der Waals surface area contributed by atoms with Gasteiger partial charge in [-0.3, -0.25) is 0 Å². The van der Waals surface area contributed by atoms with E-state index in [1.807, 2.05) is 0 Å². The predicted octanol–water partition coefficient (Wildman–Crippen LogP) is 3.10. The third kappa shape index (κ3) is 2.55. The first kappa shape index (κ1) is 9.65. The molecule has 1 atom stereocenters. The highest BCUT2D eigenvalue weighted by Crippen LogP contribution is 2.11. The maximum absolute atomic E-state index is 12.9. The normalized spacial score (nSPS) is 12.9. The van der Waals surface area contributed by atoms with Gasteiger partial charge in [0, 0.05) is 11.8 Å². The van der Waals surface area contributed by atoms with E-state index in [-0.39, 0.29) is 17.6 Å². The second-order valence-corrected chi connectivity index (χ2v) is 3.19. The van der Waals surface area contributed by atoms with Crippen molar-refractivity contribution in [2.24, 2.45) is 0 Å². The Balaban J connectivity index is 2.69. The summed E-state index contributed by atoms with van der Waals surface area (Å²) in [6.07, 6.45) is -0.875. The molecule has 0 spiro atoms. The molecule has 0 amide bonds. The summed E-state index contributed by atoms with van der Waals surface area (Å²) < 4.78 is 25.7. The highest BCUT2D eigenvalue weighted by atomic mass is 79.9. The molecule has 3 heteroatoms. The molecule has 0 bridgehead atoms. The Labute approximate surface area is 78.7 Å². The van der Waals surface area contributed by atoms with Gasteiger partial charge in [-0.15, -0.1) is 0 Å². The molecule has 0 unspecified atom stereocenters. The van der Waals surface area contributed by atoms with Crippen molar-refractivity contribution in [1.82, 2.24) is 0 Å². The largest absolute Gasteiger partial charge is 0.246 e. The summed E-state index contributed by atoms with van der Waals surface area (Å²) in [5, 5.41) is 0.251. The van der Waals surface area contributed by atoms with Crippen LogP contribution in [0, 0.1) is 5.82 Å². The molecule has 0 saturated heterocycles. The molecule has 1 rings (SSSR count). The molecule has 0 saturated carbocycles. The smallest absolute Gasteiger partial charge is 0.126 e. The molecule has 1 aromatic carbocycles. The van der Waals surface area contributed by atoms with Crippen molar-refractivity contribution < 1.29 is 8.78 Å². The number of hydrogen-bond acceptors (Lipinski definition) is 0. The second-order valence-electron chi connectivity index (χ2n) is 2.55. The van der Waals surface area contributed by atoms with Gasteiger partial charge in [0.2, 0.25) is 0 Å². The van der Waals surface area contributed by atoms with Gasteiger partial charge in [-0.2, -0.15) is 0 Å². The van der Waals surface area contributed by atoms with Crippen molar-refractivity contribution in [3.05, 3.63) is 35.6 Å². The van der Waals surface area contributed by atoms with Gasteiger partial charge in [0.15, 0.2) is 0 Å². The summed E-state index contributed by atoms with van der Waals surface area (Å²) in [6, 6.07) is 6.25. The van der Waals surface area contributed by atoms with Gasteiger partial charge >= 0.3 is 0 Å². The lowest BCUT2D eigenvalue weighted by molar-refractivity contribution is 0.364. The first-order chi connectivity index (χ1) is 5.74. The Bertz CT molecular complexity index is 250. The van der Waals surface area contributed by atoms with Crippen LogP contribution in [0.5, 0.6) is 0 Å². The van der Waals surface area contributed by atoms with Crippen LogP contribution in [-0.2, 0) is 6.42 Å². The highest BCUT2D eigenvalue weighted by Gasteiger charge is 2.08. The summed E-state index contributed by atoms with van der Waals surface area (Å²) in [7, 11) is 0. The molecule has 0 aromatic heterocycles. The van der Waals surface area contributed by atoms with E-state index < -0.39 is 6.17 Å². The van der Waals surface area contributed by atoms with Crippen LogP contribution in [-0.4, -0.2) is 11.5 Å². The van der Waals surface area contributed by atoms with E-state index in [9.17, 15) is 8.78 Å². The zero-order valence-electron chi connectivity index (χ0n) is 6.43. The van der Waals surface area contributed by atoms with Crippen molar-refractivity contribution in [2.45, 2.75) is 12.6 Å². The number of rotatable bonds is 3. The third-order valence-electron chi connectivity index (χ3n) is 1.57. The second kappa shape index (κ2) is 4.55. The Morgan fingerprint density at radius 2 is 2.00 bits per heavy atom. The zero-order valence-corrected chi connectivity index (χ0v) is 8.02. The monoisotopic (exact) mass is 234 g/mol. The third-order valence-corrected chi connectivity index (χ3v) is 2.27. The number of benzene rings is 1. The molecule has 0 aliphatic heterocycles. The van der Waals surface area contributed by atoms with Crippen LogP contribution < -0.4 is 0 Å². The van der Waals surface area contributed by atoms with E-state index in [1.165, 1.54) is 6.07 Å². The minimum absolute atomic E-state index is 0.137. The summed E-state index contributed by atoms with van der Waals surface area (Å²) in [4.78, 5) is 0. The quantitative estimate of drug-likeness (QED) is 0.706. The van der Waals surface area contributed by atoms with Crippen LogP contribution in [0.1, 0.15) is 5.56 Å². The van der Waals surface area contributed by atoms with Crippen LogP contribution in [0.25, 0.3) is 0 Å². The molecule has 12 heavy (non-hydrogen) atoms. The Kier molecular flexibility index (Phi) is 3.66. The van der Waals surface area contributed by atoms with E-state index in [0.717, 1.165) is 0 Å². The van der Waals surface area contributed by atoms with Crippen LogP contribution in [0.3, 0.4) is 0 Å². The van der Waals surface area contributed by atoms with E-state index in [1.54, 1.807) is 18.2 Å². The number of halogens is 3. The summed E-state index contributed by atoms with van der Waals surface area (Å²) in [6.45, 7) is 0. The van der Waals surface area contributed by atoms with E-state index in [2.05, 4.69) is 15.9 Å². The van der Waals surface area contributed by atoms with Crippen molar-refractivity contribution in [3.63, 3.8) is 0 Å². The van der Waals surface area contributed by atoms with E-state index in [0.29, 0.717) is 5.56 Å². The Morgan fingerprint density at radius 1 is 1.33 bits per heavy atom. The minimum Gasteiger partial charge on any atom is -0.246 e. The summed E-state index contributed by atoms with van der Waals surface area (Å²) >= 11 is 3.00. The first-order valence-corrected chi connectivity index (χ1v) is 4.79. The maximum atomic E-state index is 12.9. The summed E-state index contributed by atoms with van der Waals surface area (Å²) in [5.74, 6) is -0.332. The molecule has 0 nitrogen and oxygen atoms in total. The molecular weight excluding hydrogens is 226 g/mol. The van der Waals surface area contributed by atoms with Crippen LogP contribution in [0.15, 0.2) is 24.3 Å². The zero-order chi connectivity index (χ0) is 8.97. The molecule has 1 aromatic rings. The lowest BCUT2D eigenvalue weighted by Gasteiger charge is -2.04. The minimum atomic E-state index is -1.01. The fourth-order valence-corrected chi connectivity index (χ4v) is 1.19.